The van der Waals surface area contributed by atoms with Crippen LogP contribution >= 0.6 is 0 Å². The lowest BCUT2D eigenvalue weighted by Gasteiger charge is -2.38. The van der Waals surface area contributed by atoms with Gasteiger partial charge in [0, 0.05) is 25.7 Å². The summed E-state index contributed by atoms with van der Waals surface area (Å²) < 4.78 is 13.1. The molecule has 1 heterocycles. The lowest BCUT2D eigenvalue weighted by atomic mass is 9.99. The second kappa shape index (κ2) is 8.14. The van der Waals surface area contributed by atoms with E-state index in [2.05, 4.69) is 10.2 Å². The van der Waals surface area contributed by atoms with E-state index in [-0.39, 0.29) is 11.9 Å². The molecule has 1 aliphatic heterocycles. The van der Waals surface area contributed by atoms with Crippen molar-refractivity contribution in [3.63, 3.8) is 0 Å². The first kappa shape index (κ1) is 17.5. The molecule has 1 aliphatic rings. The molecule has 0 bridgehead atoms. The van der Waals surface area contributed by atoms with Crippen molar-refractivity contribution in [2.75, 3.05) is 13.1 Å². The number of hydrogen-bond donors (Lipinski definition) is 1. The third-order valence-electron chi connectivity index (χ3n) is 4.46. The number of rotatable bonds is 6. The molecule has 25 heavy (non-hydrogen) atoms. The Morgan fingerprint density at radius 2 is 1.80 bits per heavy atom. The van der Waals surface area contributed by atoms with Gasteiger partial charge in [0.1, 0.15) is 5.82 Å². The van der Waals surface area contributed by atoms with E-state index in [9.17, 15) is 14.0 Å². The van der Waals surface area contributed by atoms with E-state index >= 15 is 0 Å². The summed E-state index contributed by atoms with van der Waals surface area (Å²) >= 11 is 0. The van der Waals surface area contributed by atoms with Crippen molar-refractivity contribution in [3.05, 3.63) is 71.5 Å². The zero-order valence-electron chi connectivity index (χ0n) is 13.9. The van der Waals surface area contributed by atoms with E-state index in [1.165, 1.54) is 17.7 Å². The van der Waals surface area contributed by atoms with E-state index in [1.807, 2.05) is 30.3 Å². The molecule has 0 aromatic heterocycles. The van der Waals surface area contributed by atoms with Gasteiger partial charge in [0.25, 0.3) is 0 Å². The topological polar surface area (TPSA) is 49.4 Å². The molecule has 4 nitrogen and oxygen atoms in total. The Bertz CT molecular complexity index is 718. The van der Waals surface area contributed by atoms with Crippen LogP contribution in [0.3, 0.4) is 0 Å². The first-order valence-corrected chi connectivity index (χ1v) is 8.40. The van der Waals surface area contributed by atoms with Crippen LogP contribution in [0.2, 0.25) is 0 Å². The predicted molar refractivity (Wildman–Crippen MR) is 93.6 cm³/mol. The Kier molecular flexibility index (Phi) is 5.68. The van der Waals surface area contributed by atoms with Crippen molar-refractivity contribution in [1.29, 1.82) is 0 Å². The van der Waals surface area contributed by atoms with E-state index in [4.69, 9.17) is 0 Å². The number of carbonyl (C=O) groups is 2. The molecule has 0 radical (unpaired) electrons. The van der Waals surface area contributed by atoms with Crippen LogP contribution in [0, 0.1) is 5.82 Å². The molecule has 1 saturated heterocycles. The lowest BCUT2D eigenvalue weighted by Crippen LogP contribution is -2.59. The summed E-state index contributed by atoms with van der Waals surface area (Å²) in [6, 6.07) is 16.0. The predicted octanol–water partition coefficient (Wildman–Crippen LogP) is 1.98. The number of ketones is 1. The van der Waals surface area contributed by atoms with E-state index in [0.717, 1.165) is 18.7 Å². The zero-order valence-corrected chi connectivity index (χ0v) is 13.9. The molecular weight excluding hydrogens is 319 g/mol. The van der Waals surface area contributed by atoms with Gasteiger partial charge in [-0.3, -0.25) is 14.5 Å². The Morgan fingerprint density at radius 3 is 2.48 bits per heavy atom. The van der Waals surface area contributed by atoms with Crippen LogP contribution < -0.4 is 5.32 Å². The SMILES string of the molecule is O=CC(=O)C1CN(Cc2ccccc2)C[C@@H](Cc2ccc(F)cc2)N1. The van der Waals surface area contributed by atoms with Gasteiger partial charge in [0.2, 0.25) is 5.78 Å². The molecule has 1 unspecified atom stereocenters. The number of aldehydes is 1. The summed E-state index contributed by atoms with van der Waals surface area (Å²) in [4.78, 5) is 25.0. The highest BCUT2D eigenvalue weighted by Crippen LogP contribution is 2.14. The van der Waals surface area contributed by atoms with Gasteiger partial charge < -0.3 is 5.32 Å². The molecule has 2 aromatic carbocycles. The highest BCUT2D eigenvalue weighted by molar-refractivity contribution is 6.27. The summed E-state index contributed by atoms with van der Waals surface area (Å²) in [5.74, 6) is -0.693. The number of Topliss-reactive ketones (excluding diaryl/α,β-unsaturated/α-hetero) is 1. The smallest absolute Gasteiger partial charge is 0.213 e. The molecule has 3 rings (SSSR count). The standard InChI is InChI=1S/C20H21FN2O2/c21-17-8-6-15(7-9-17)10-18-12-23(11-16-4-2-1-3-5-16)13-19(22-18)20(25)14-24/h1-9,14,18-19,22H,10-13H2/t18-,19?/m1/s1. The number of carbonyl (C=O) groups excluding carboxylic acids is 2. The van der Waals surface area contributed by atoms with Crippen LogP contribution in [0.15, 0.2) is 54.6 Å². The largest absolute Gasteiger partial charge is 0.302 e. The third-order valence-corrected chi connectivity index (χ3v) is 4.46. The van der Waals surface area contributed by atoms with Crippen molar-refractivity contribution >= 4 is 12.1 Å². The van der Waals surface area contributed by atoms with E-state index in [1.54, 1.807) is 12.1 Å². The van der Waals surface area contributed by atoms with Crippen LogP contribution in [-0.4, -0.2) is 42.1 Å². The molecule has 1 fully saturated rings. The summed E-state index contributed by atoms with van der Waals surface area (Å²) in [6.07, 6.45) is 1.06. The summed E-state index contributed by atoms with van der Waals surface area (Å²) in [5, 5.41) is 3.27. The fourth-order valence-electron chi connectivity index (χ4n) is 3.29. The second-order valence-corrected chi connectivity index (χ2v) is 6.45. The Morgan fingerprint density at radius 1 is 1.08 bits per heavy atom. The third kappa shape index (κ3) is 4.81. The van der Waals surface area contributed by atoms with Gasteiger partial charge in [-0.2, -0.15) is 0 Å². The van der Waals surface area contributed by atoms with Crippen molar-refractivity contribution in [2.24, 2.45) is 0 Å². The molecule has 0 spiro atoms. The van der Waals surface area contributed by atoms with Gasteiger partial charge >= 0.3 is 0 Å². The van der Waals surface area contributed by atoms with Crippen LogP contribution in [0.25, 0.3) is 0 Å². The van der Waals surface area contributed by atoms with Crippen LogP contribution in [-0.2, 0) is 22.6 Å². The first-order chi connectivity index (χ1) is 12.1. The molecule has 0 saturated carbocycles. The van der Waals surface area contributed by atoms with Crippen LogP contribution in [0.1, 0.15) is 11.1 Å². The van der Waals surface area contributed by atoms with Crippen molar-refractivity contribution < 1.29 is 14.0 Å². The Balaban J connectivity index is 1.71. The summed E-state index contributed by atoms with van der Waals surface area (Å²) in [6.45, 7) is 1.99. The van der Waals surface area contributed by atoms with Gasteiger partial charge in [0.15, 0.2) is 6.29 Å². The lowest BCUT2D eigenvalue weighted by molar-refractivity contribution is -0.132. The van der Waals surface area contributed by atoms with Crippen LogP contribution in [0.5, 0.6) is 0 Å². The van der Waals surface area contributed by atoms with Crippen molar-refractivity contribution in [2.45, 2.75) is 25.0 Å². The number of halogens is 1. The summed E-state index contributed by atoms with van der Waals surface area (Å²) in [7, 11) is 0. The molecule has 1 N–H and O–H groups in total. The number of benzene rings is 2. The fourth-order valence-corrected chi connectivity index (χ4v) is 3.29. The maximum Gasteiger partial charge on any atom is 0.213 e. The van der Waals surface area contributed by atoms with Crippen molar-refractivity contribution in [3.8, 4) is 0 Å². The minimum absolute atomic E-state index is 0.0248. The molecule has 5 heteroatoms. The zero-order chi connectivity index (χ0) is 17.6. The maximum absolute atomic E-state index is 13.1. The highest BCUT2D eigenvalue weighted by Gasteiger charge is 2.30. The monoisotopic (exact) mass is 340 g/mol. The molecule has 0 amide bonds. The van der Waals surface area contributed by atoms with E-state index in [0.29, 0.717) is 19.3 Å². The fraction of sp³-hybridized carbons (Fsp3) is 0.300. The van der Waals surface area contributed by atoms with Gasteiger partial charge in [-0.05, 0) is 29.7 Å². The summed E-state index contributed by atoms with van der Waals surface area (Å²) in [5.41, 5.74) is 2.17. The number of nitrogens with zero attached hydrogens (tertiary/aromatic N) is 1. The highest BCUT2D eigenvalue weighted by atomic mass is 19.1. The molecule has 0 aliphatic carbocycles. The van der Waals surface area contributed by atoms with E-state index < -0.39 is 11.8 Å². The number of nitrogens with one attached hydrogen (secondary N) is 1. The number of hydrogen-bond acceptors (Lipinski definition) is 4. The molecule has 2 aromatic rings. The van der Waals surface area contributed by atoms with Gasteiger partial charge in [-0.1, -0.05) is 42.5 Å². The quantitative estimate of drug-likeness (QED) is 0.645. The first-order valence-electron chi connectivity index (χ1n) is 8.40. The molecule has 2 atom stereocenters. The number of piperazine rings is 1. The van der Waals surface area contributed by atoms with Gasteiger partial charge in [-0.25, -0.2) is 4.39 Å². The Labute approximate surface area is 146 Å². The molecular formula is C20H21FN2O2. The second-order valence-electron chi connectivity index (χ2n) is 6.45. The molecule has 130 valence electrons. The van der Waals surface area contributed by atoms with Crippen LogP contribution in [0.4, 0.5) is 4.39 Å². The van der Waals surface area contributed by atoms with Gasteiger partial charge in [0.05, 0.1) is 6.04 Å². The average molecular weight is 340 g/mol. The average Bonchev–Trinajstić information content (AvgIpc) is 2.63. The van der Waals surface area contributed by atoms with Crippen molar-refractivity contribution in [1.82, 2.24) is 10.2 Å². The van der Waals surface area contributed by atoms with Gasteiger partial charge in [-0.15, -0.1) is 0 Å². The normalized spacial score (nSPS) is 21.0. The minimum atomic E-state index is -0.500. The Hall–Kier alpha value is -2.37. The maximum atomic E-state index is 13.1. The minimum Gasteiger partial charge on any atom is -0.302 e.